The first-order valence-corrected chi connectivity index (χ1v) is 16.1. The van der Waals surface area contributed by atoms with Crippen LogP contribution in [0.4, 0.5) is 11.5 Å². The normalized spacial score (nSPS) is 21.2. The second kappa shape index (κ2) is 11.7. The average Bonchev–Trinajstić information content (AvgIpc) is 3.59. The summed E-state index contributed by atoms with van der Waals surface area (Å²) in [6.07, 6.45) is 6.96. The number of aromatic nitrogens is 2. The molecular weight excluding hydrogens is 550 g/mol. The second-order valence-corrected chi connectivity index (χ2v) is 12.8. The van der Waals surface area contributed by atoms with Crippen molar-refractivity contribution in [2.75, 3.05) is 55.6 Å². The molecule has 1 atom stereocenters. The minimum atomic E-state index is -0.224. The number of ether oxygens (including phenoxy) is 1. The number of piperazine rings is 1. The maximum absolute atomic E-state index is 12.6. The molecular formula is C35H41N7O2. The first-order valence-electron chi connectivity index (χ1n) is 16.1. The van der Waals surface area contributed by atoms with Crippen molar-refractivity contribution < 1.29 is 9.53 Å². The SMILES string of the molecule is C=CC(=O)N1CCN(c2nc(OC3(CN4CCCC4)CC3)nc3c2CCN(c2cccc4cccc(C)c24)C3)CC1CC#N. The lowest BCUT2D eigenvalue weighted by atomic mass is 9.99. The van der Waals surface area contributed by atoms with E-state index < -0.39 is 0 Å². The summed E-state index contributed by atoms with van der Waals surface area (Å²) in [5.74, 6) is 0.765. The van der Waals surface area contributed by atoms with E-state index in [0.717, 1.165) is 62.5 Å². The highest BCUT2D eigenvalue weighted by Gasteiger charge is 2.48. The molecule has 0 N–H and O–H groups in total. The number of hydrogen-bond acceptors (Lipinski definition) is 8. The molecule has 4 heterocycles. The molecule has 3 fully saturated rings. The molecule has 2 aromatic carbocycles. The predicted octanol–water partition coefficient (Wildman–Crippen LogP) is 4.63. The van der Waals surface area contributed by atoms with Crippen molar-refractivity contribution in [2.45, 2.75) is 63.6 Å². The Morgan fingerprint density at radius 1 is 1.09 bits per heavy atom. The van der Waals surface area contributed by atoms with E-state index in [-0.39, 0.29) is 24.0 Å². The van der Waals surface area contributed by atoms with Crippen LogP contribution in [-0.2, 0) is 17.8 Å². The Hall–Kier alpha value is -4.16. The van der Waals surface area contributed by atoms with Crippen molar-refractivity contribution in [1.29, 1.82) is 5.26 Å². The average molecular weight is 592 g/mol. The van der Waals surface area contributed by atoms with Gasteiger partial charge >= 0.3 is 6.01 Å². The number of amides is 1. The summed E-state index contributed by atoms with van der Waals surface area (Å²) in [5, 5.41) is 12.1. The summed E-state index contributed by atoms with van der Waals surface area (Å²) in [6.45, 7) is 12.3. The van der Waals surface area contributed by atoms with Gasteiger partial charge in [0.15, 0.2) is 0 Å². The van der Waals surface area contributed by atoms with Gasteiger partial charge < -0.3 is 19.4 Å². The number of carbonyl (C=O) groups excluding carboxylic acids is 1. The molecule has 0 spiro atoms. The molecule has 7 rings (SSSR count). The number of benzene rings is 2. The Morgan fingerprint density at radius 3 is 2.64 bits per heavy atom. The van der Waals surface area contributed by atoms with Gasteiger partial charge in [-0.25, -0.2) is 0 Å². The van der Waals surface area contributed by atoms with Crippen LogP contribution in [0.1, 0.15) is 48.9 Å². The number of nitriles is 1. The van der Waals surface area contributed by atoms with Gasteiger partial charge in [0.2, 0.25) is 5.91 Å². The van der Waals surface area contributed by atoms with E-state index in [1.807, 2.05) is 0 Å². The quantitative estimate of drug-likeness (QED) is 0.351. The Labute approximate surface area is 259 Å². The smallest absolute Gasteiger partial charge is 0.319 e. The molecule has 1 amide bonds. The highest BCUT2D eigenvalue weighted by Crippen LogP contribution is 2.42. The fourth-order valence-corrected chi connectivity index (χ4v) is 7.38. The van der Waals surface area contributed by atoms with Crippen LogP contribution in [0.15, 0.2) is 49.1 Å². The summed E-state index contributed by atoms with van der Waals surface area (Å²) in [5.41, 5.74) is 4.43. The zero-order valence-corrected chi connectivity index (χ0v) is 25.7. The Bertz CT molecular complexity index is 1620. The standard InChI is InChI=1S/C35H41N7O2/c1-3-31(43)42-21-20-41(22-27(42)12-16-36)33-28-13-19-40(30-11-7-10-26-9-6-8-25(2)32(26)30)23-29(28)37-34(38-33)44-35(14-15-35)24-39-17-4-5-18-39/h3,6-11,27H,1,4-5,12-15,17-24H2,2H3. The molecule has 9 heteroatoms. The van der Waals surface area contributed by atoms with Gasteiger partial charge in [-0.2, -0.15) is 15.2 Å². The first-order chi connectivity index (χ1) is 21.5. The topological polar surface area (TPSA) is 88.8 Å². The van der Waals surface area contributed by atoms with Crippen molar-refractivity contribution in [1.82, 2.24) is 19.8 Å². The largest absolute Gasteiger partial charge is 0.455 e. The highest BCUT2D eigenvalue weighted by molar-refractivity contribution is 5.97. The van der Waals surface area contributed by atoms with Gasteiger partial charge in [-0.3, -0.25) is 9.69 Å². The summed E-state index contributed by atoms with van der Waals surface area (Å²) in [6, 6.07) is 15.5. The zero-order chi connectivity index (χ0) is 30.3. The summed E-state index contributed by atoms with van der Waals surface area (Å²) < 4.78 is 6.71. The summed E-state index contributed by atoms with van der Waals surface area (Å²) >= 11 is 0. The number of fused-ring (bicyclic) bond motifs is 2. The number of anilines is 2. The fraction of sp³-hybridized carbons (Fsp3) is 0.486. The molecule has 2 saturated heterocycles. The van der Waals surface area contributed by atoms with Gasteiger partial charge in [-0.1, -0.05) is 36.9 Å². The fourth-order valence-electron chi connectivity index (χ4n) is 7.38. The van der Waals surface area contributed by atoms with Crippen LogP contribution in [0.25, 0.3) is 10.8 Å². The van der Waals surface area contributed by atoms with E-state index in [9.17, 15) is 10.1 Å². The Morgan fingerprint density at radius 2 is 1.89 bits per heavy atom. The summed E-state index contributed by atoms with van der Waals surface area (Å²) in [7, 11) is 0. The minimum Gasteiger partial charge on any atom is -0.455 e. The molecule has 1 aliphatic carbocycles. The molecule has 1 aromatic heterocycles. The number of carbonyl (C=O) groups is 1. The lowest BCUT2D eigenvalue weighted by molar-refractivity contribution is -0.128. The number of likely N-dealkylation sites (tertiary alicyclic amines) is 1. The lowest BCUT2D eigenvalue weighted by Gasteiger charge is -2.42. The monoisotopic (exact) mass is 591 g/mol. The highest BCUT2D eigenvalue weighted by atomic mass is 16.5. The van der Waals surface area contributed by atoms with Gasteiger partial charge in [0.05, 0.1) is 30.8 Å². The number of rotatable bonds is 8. The van der Waals surface area contributed by atoms with Crippen molar-refractivity contribution in [3.05, 3.63) is 65.9 Å². The Balaban J connectivity index is 1.23. The molecule has 4 aliphatic rings. The van der Waals surface area contributed by atoms with Crippen molar-refractivity contribution in [3.63, 3.8) is 0 Å². The number of aryl methyl sites for hydroxylation is 1. The molecule has 228 valence electrons. The van der Waals surface area contributed by atoms with Crippen molar-refractivity contribution in [2.24, 2.45) is 0 Å². The third-order valence-electron chi connectivity index (χ3n) is 9.85. The van der Waals surface area contributed by atoms with Crippen LogP contribution in [0.2, 0.25) is 0 Å². The molecule has 0 radical (unpaired) electrons. The van der Waals surface area contributed by atoms with Crippen LogP contribution in [0.3, 0.4) is 0 Å². The molecule has 3 aliphatic heterocycles. The van der Waals surface area contributed by atoms with Crippen molar-refractivity contribution >= 4 is 28.2 Å². The van der Waals surface area contributed by atoms with Crippen LogP contribution in [-0.4, -0.2) is 83.1 Å². The van der Waals surface area contributed by atoms with E-state index in [0.29, 0.717) is 32.2 Å². The molecule has 1 saturated carbocycles. The van der Waals surface area contributed by atoms with Gasteiger partial charge in [-0.15, -0.1) is 0 Å². The third-order valence-corrected chi connectivity index (χ3v) is 9.85. The van der Waals surface area contributed by atoms with E-state index >= 15 is 0 Å². The second-order valence-electron chi connectivity index (χ2n) is 12.8. The van der Waals surface area contributed by atoms with Gasteiger partial charge in [0.1, 0.15) is 11.4 Å². The number of nitrogens with zero attached hydrogens (tertiary/aromatic N) is 7. The van der Waals surface area contributed by atoms with E-state index in [1.54, 1.807) is 4.90 Å². The molecule has 3 aromatic rings. The predicted molar refractivity (Wildman–Crippen MR) is 172 cm³/mol. The minimum absolute atomic E-state index is 0.128. The van der Waals surface area contributed by atoms with Gasteiger partial charge in [-0.05, 0) is 75.2 Å². The van der Waals surface area contributed by atoms with Gasteiger partial charge in [0, 0.05) is 49.4 Å². The first kappa shape index (κ1) is 28.6. The molecule has 0 bridgehead atoms. The number of hydrogen-bond donors (Lipinski definition) is 0. The summed E-state index contributed by atoms with van der Waals surface area (Å²) in [4.78, 5) is 31.8. The van der Waals surface area contributed by atoms with Crippen molar-refractivity contribution in [3.8, 4) is 12.1 Å². The molecule has 44 heavy (non-hydrogen) atoms. The van der Waals surface area contributed by atoms with Crippen LogP contribution in [0, 0.1) is 18.3 Å². The maximum Gasteiger partial charge on any atom is 0.319 e. The van der Waals surface area contributed by atoms with E-state index in [4.69, 9.17) is 14.7 Å². The zero-order valence-electron chi connectivity index (χ0n) is 25.7. The van der Waals surface area contributed by atoms with Crippen LogP contribution in [0.5, 0.6) is 6.01 Å². The lowest BCUT2D eigenvalue weighted by Crippen LogP contribution is -2.55. The molecule has 1 unspecified atom stereocenters. The van der Waals surface area contributed by atoms with E-state index in [1.165, 1.54) is 40.9 Å². The van der Waals surface area contributed by atoms with E-state index in [2.05, 4.69) is 70.7 Å². The Kier molecular flexibility index (Phi) is 7.63. The third kappa shape index (κ3) is 5.48. The molecule has 9 nitrogen and oxygen atoms in total. The van der Waals surface area contributed by atoms with Crippen LogP contribution < -0.4 is 14.5 Å². The maximum atomic E-state index is 12.6. The van der Waals surface area contributed by atoms with Crippen LogP contribution >= 0.6 is 0 Å². The van der Waals surface area contributed by atoms with Gasteiger partial charge in [0.25, 0.3) is 0 Å².